The van der Waals surface area contributed by atoms with Gasteiger partial charge in [0.05, 0.1) is 13.0 Å². The fourth-order valence-electron chi connectivity index (χ4n) is 2.69. The van der Waals surface area contributed by atoms with E-state index in [0.29, 0.717) is 11.6 Å². The van der Waals surface area contributed by atoms with Gasteiger partial charge in [-0.15, -0.1) is 0 Å². The molecular weight excluding hydrogens is 306 g/mol. The van der Waals surface area contributed by atoms with E-state index in [1.54, 1.807) is 18.3 Å². The van der Waals surface area contributed by atoms with Crippen LogP contribution in [0.15, 0.2) is 42.7 Å². The highest BCUT2D eigenvalue weighted by Gasteiger charge is 2.11. The van der Waals surface area contributed by atoms with Crippen molar-refractivity contribution in [1.82, 2.24) is 9.97 Å². The molecule has 0 spiro atoms. The Balaban J connectivity index is 1.71. The van der Waals surface area contributed by atoms with Gasteiger partial charge in [-0.25, -0.2) is 4.98 Å². The van der Waals surface area contributed by atoms with Crippen molar-refractivity contribution < 1.29 is 14.6 Å². The standard InChI is InChI=1S/C18H19N3O3/c1-12-3-2-4-15-18(12)13(11-20-15)9-16(23)21-14-5-6-19-17(10-14)24-8-7-22/h2-6,10-11,20,22H,7-9H2,1H3,(H,19,21,23). The number of pyridine rings is 1. The Morgan fingerprint density at radius 1 is 1.38 bits per heavy atom. The number of carbonyl (C=O) groups is 1. The van der Waals surface area contributed by atoms with Crippen LogP contribution in [0.1, 0.15) is 11.1 Å². The molecule has 3 aromatic rings. The number of rotatable bonds is 6. The lowest BCUT2D eigenvalue weighted by atomic mass is 10.1. The number of aliphatic hydroxyl groups is 1. The summed E-state index contributed by atoms with van der Waals surface area (Å²) in [5, 5.41) is 12.7. The summed E-state index contributed by atoms with van der Waals surface area (Å²) in [5.41, 5.74) is 3.74. The van der Waals surface area contributed by atoms with Crippen molar-refractivity contribution in [3.8, 4) is 5.88 Å². The van der Waals surface area contributed by atoms with E-state index in [9.17, 15) is 4.79 Å². The first-order valence-corrected chi connectivity index (χ1v) is 7.72. The van der Waals surface area contributed by atoms with Crippen LogP contribution in [0, 0.1) is 6.92 Å². The van der Waals surface area contributed by atoms with Crippen molar-refractivity contribution in [3.05, 3.63) is 53.9 Å². The number of ether oxygens (including phenoxy) is 1. The molecule has 0 fully saturated rings. The molecule has 0 unspecified atom stereocenters. The van der Waals surface area contributed by atoms with Gasteiger partial charge in [0.25, 0.3) is 0 Å². The number of amides is 1. The Morgan fingerprint density at radius 3 is 3.08 bits per heavy atom. The minimum atomic E-state index is -0.113. The fraction of sp³-hybridized carbons (Fsp3) is 0.222. The maximum Gasteiger partial charge on any atom is 0.228 e. The highest BCUT2D eigenvalue weighted by molar-refractivity contribution is 5.96. The number of aromatic amines is 1. The van der Waals surface area contributed by atoms with Gasteiger partial charge in [0, 0.05) is 35.1 Å². The van der Waals surface area contributed by atoms with Crippen LogP contribution in [0.3, 0.4) is 0 Å². The Hall–Kier alpha value is -2.86. The minimum Gasteiger partial charge on any atom is -0.475 e. The van der Waals surface area contributed by atoms with Crippen molar-refractivity contribution in [2.24, 2.45) is 0 Å². The molecule has 24 heavy (non-hydrogen) atoms. The summed E-state index contributed by atoms with van der Waals surface area (Å²) in [6.45, 7) is 2.11. The molecule has 1 amide bonds. The number of fused-ring (bicyclic) bond motifs is 1. The number of anilines is 1. The number of nitrogens with one attached hydrogen (secondary N) is 2. The summed E-state index contributed by atoms with van der Waals surface area (Å²) in [4.78, 5) is 19.6. The van der Waals surface area contributed by atoms with E-state index in [0.717, 1.165) is 22.0 Å². The van der Waals surface area contributed by atoms with E-state index in [2.05, 4.69) is 15.3 Å². The van der Waals surface area contributed by atoms with E-state index in [4.69, 9.17) is 9.84 Å². The van der Waals surface area contributed by atoms with Crippen LogP contribution in [-0.2, 0) is 11.2 Å². The molecule has 0 saturated heterocycles. The molecule has 0 atom stereocenters. The molecule has 2 heterocycles. The number of H-pyrrole nitrogens is 1. The van der Waals surface area contributed by atoms with Crippen LogP contribution in [0.5, 0.6) is 5.88 Å². The summed E-state index contributed by atoms with van der Waals surface area (Å²) < 4.78 is 5.24. The highest BCUT2D eigenvalue weighted by Crippen LogP contribution is 2.23. The zero-order valence-corrected chi connectivity index (χ0v) is 13.4. The highest BCUT2D eigenvalue weighted by atomic mass is 16.5. The van der Waals surface area contributed by atoms with Crippen molar-refractivity contribution in [2.75, 3.05) is 18.5 Å². The first kappa shape index (κ1) is 16.0. The molecule has 124 valence electrons. The van der Waals surface area contributed by atoms with Crippen LogP contribution < -0.4 is 10.1 Å². The van der Waals surface area contributed by atoms with Gasteiger partial charge in [-0.1, -0.05) is 12.1 Å². The lowest BCUT2D eigenvalue weighted by molar-refractivity contribution is -0.115. The van der Waals surface area contributed by atoms with Crippen molar-refractivity contribution in [2.45, 2.75) is 13.3 Å². The van der Waals surface area contributed by atoms with Gasteiger partial charge >= 0.3 is 0 Å². The van der Waals surface area contributed by atoms with E-state index < -0.39 is 0 Å². The predicted octanol–water partition coefficient (Wildman–Crippen LogP) is 2.42. The second-order valence-electron chi connectivity index (χ2n) is 5.49. The largest absolute Gasteiger partial charge is 0.475 e. The van der Waals surface area contributed by atoms with Crippen molar-refractivity contribution in [1.29, 1.82) is 0 Å². The smallest absolute Gasteiger partial charge is 0.228 e. The molecule has 0 aliphatic heterocycles. The number of nitrogens with zero attached hydrogens (tertiary/aromatic N) is 1. The summed E-state index contributed by atoms with van der Waals surface area (Å²) in [5.74, 6) is 0.253. The van der Waals surface area contributed by atoms with Gasteiger partial charge in [-0.3, -0.25) is 4.79 Å². The molecular formula is C18H19N3O3. The van der Waals surface area contributed by atoms with Gasteiger partial charge in [0.2, 0.25) is 11.8 Å². The van der Waals surface area contributed by atoms with Crippen molar-refractivity contribution in [3.63, 3.8) is 0 Å². The summed E-state index contributed by atoms with van der Waals surface area (Å²) in [6, 6.07) is 9.35. The lowest BCUT2D eigenvalue weighted by Crippen LogP contribution is -2.14. The van der Waals surface area contributed by atoms with Gasteiger partial charge in [0.15, 0.2) is 0 Å². The predicted molar refractivity (Wildman–Crippen MR) is 92.2 cm³/mol. The summed E-state index contributed by atoms with van der Waals surface area (Å²) >= 11 is 0. The second-order valence-corrected chi connectivity index (χ2v) is 5.49. The molecule has 0 aliphatic carbocycles. The quantitative estimate of drug-likeness (QED) is 0.649. The minimum absolute atomic E-state index is 0.0851. The van der Waals surface area contributed by atoms with E-state index in [1.165, 1.54) is 0 Å². The van der Waals surface area contributed by atoms with Gasteiger partial charge < -0.3 is 20.1 Å². The molecule has 3 rings (SSSR count). The average Bonchev–Trinajstić information content (AvgIpc) is 2.97. The molecule has 0 bridgehead atoms. The third-order valence-electron chi connectivity index (χ3n) is 3.71. The van der Waals surface area contributed by atoms with Crippen LogP contribution in [-0.4, -0.2) is 34.2 Å². The summed E-state index contributed by atoms with van der Waals surface area (Å²) in [7, 11) is 0. The molecule has 0 aliphatic rings. The molecule has 1 aromatic carbocycles. The van der Waals surface area contributed by atoms with E-state index in [-0.39, 0.29) is 25.5 Å². The molecule has 0 saturated carbocycles. The molecule has 6 heteroatoms. The van der Waals surface area contributed by atoms with Crippen LogP contribution in [0.2, 0.25) is 0 Å². The lowest BCUT2D eigenvalue weighted by Gasteiger charge is -2.08. The van der Waals surface area contributed by atoms with Gasteiger partial charge in [-0.2, -0.15) is 0 Å². The third kappa shape index (κ3) is 3.55. The average molecular weight is 325 g/mol. The summed E-state index contributed by atoms with van der Waals surface area (Å²) in [6.07, 6.45) is 3.71. The molecule has 6 nitrogen and oxygen atoms in total. The maximum absolute atomic E-state index is 12.3. The third-order valence-corrected chi connectivity index (χ3v) is 3.71. The monoisotopic (exact) mass is 325 g/mol. The van der Waals surface area contributed by atoms with Crippen molar-refractivity contribution >= 4 is 22.5 Å². The fourth-order valence-corrected chi connectivity index (χ4v) is 2.69. The second kappa shape index (κ2) is 7.14. The van der Waals surface area contributed by atoms with Crippen LogP contribution >= 0.6 is 0 Å². The van der Waals surface area contributed by atoms with Gasteiger partial charge in [0.1, 0.15) is 6.61 Å². The molecule has 0 radical (unpaired) electrons. The van der Waals surface area contributed by atoms with Crippen LogP contribution in [0.25, 0.3) is 10.9 Å². The van der Waals surface area contributed by atoms with E-state index in [1.807, 2.05) is 31.3 Å². The number of aryl methyl sites for hydroxylation is 1. The van der Waals surface area contributed by atoms with Gasteiger partial charge in [-0.05, 0) is 30.2 Å². The normalized spacial score (nSPS) is 10.8. The first-order chi connectivity index (χ1) is 11.7. The number of benzene rings is 1. The number of aliphatic hydroxyl groups excluding tert-OH is 1. The Bertz CT molecular complexity index is 858. The SMILES string of the molecule is Cc1cccc2[nH]cc(CC(=O)Nc3ccnc(OCCO)c3)c12. The Kier molecular flexibility index (Phi) is 4.77. The maximum atomic E-state index is 12.3. The zero-order chi connectivity index (χ0) is 16.9. The first-order valence-electron chi connectivity index (χ1n) is 7.72. The Labute approximate surface area is 139 Å². The topological polar surface area (TPSA) is 87.2 Å². The molecule has 3 N–H and O–H groups in total. The molecule has 2 aromatic heterocycles. The number of carbonyl (C=O) groups excluding carboxylic acids is 1. The Morgan fingerprint density at radius 2 is 2.25 bits per heavy atom. The van der Waals surface area contributed by atoms with E-state index >= 15 is 0 Å². The van der Waals surface area contributed by atoms with Crippen LogP contribution in [0.4, 0.5) is 5.69 Å². The number of aromatic nitrogens is 2. The number of hydrogen-bond donors (Lipinski definition) is 3. The zero-order valence-electron chi connectivity index (χ0n) is 13.4. The number of hydrogen-bond acceptors (Lipinski definition) is 4.